The van der Waals surface area contributed by atoms with Crippen molar-refractivity contribution in [3.8, 4) is 5.69 Å². The smallest absolute Gasteiger partial charge is 0.0562 e. The van der Waals surface area contributed by atoms with Crippen molar-refractivity contribution in [3.63, 3.8) is 0 Å². The van der Waals surface area contributed by atoms with Crippen molar-refractivity contribution >= 4 is 66.7 Å². The Morgan fingerprint density at radius 3 is 1.38 bits per heavy atom. The molecule has 0 unspecified atom stereocenters. The molecule has 0 spiro atoms. The van der Waals surface area contributed by atoms with Crippen molar-refractivity contribution in [2.75, 3.05) is 9.80 Å². The first-order chi connectivity index (χ1) is 26.8. The first kappa shape index (κ1) is 31.9. The SMILES string of the molecule is CC1(C)c2ccccc2N(c2ccc3cc(N4c5ccccc5C(C)(C)c5cc6c7ccccc7n(-c7ccccc7)c6cc54)ccc3c2)c2ccccc21. The molecule has 1 aromatic heterocycles. The van der Waals surface area contributed by atoms with Crippen molar-refractivity contribution in [2.24, 2.45) is 0 Å². The molecule has 11 rings (SSSR count). The Morgan fingerprint density at radius 2 is 0.800 bits per heavy atom. The Kier molecular flexibility index (Phi) is 6.65. The molecule has 3 heterocycles. The van der Waals surface area contributed by atoms with Crippen LogP contribution in [0, 0.1) is 0 Å². The summed E-state index contributed by atoms with van der Waals surface area (Å²) < 4.78 is 2.43. The van der Waals surface area contributed by atoms with Gasteiger partial charge in [0.05, 0.1) is 33.8 Å². The summed E-state index contributed by atoms with van der Waals surface area (Å²) in [6, 6.07) is 65.2. The maximum atomic E-state index is 2.49. The van der Waals surface area contributed by atoms with E-state index in [0.29, 0.717) is 0 Å². The zero-order valence-electron chi connectivity index (χ0n) is 31.6. The third kappa shape index (κ3) is 4.50. The van der Waals surface area contributed by atoms with E-state index in [1.54, 1.807) is 0 Å². The van der Waals surface area contributed by atoms with Crippen LogP contribution in [0.2, 0.25) is 0 Å². The number of hydrogen-bond acceptors (Lipinski definition) is 2. The van der Waals surface area contributed by atoms with Gasteiger partial charge in [-0.05, 0) is 106 Å². The summed E-state index contributed by atoms with van der Waals surface area (Å²) in [6.45, 7) is 9.44. The Bertz CT molecular complexity index is 2950. The summed E-state index contributed by atoms with van der Waals surface area (Å²) in [7, 11) is 0. The summed E-state index contributed by atoms with van der Waals surface area (Å²) in [6.07, 6.45) is 0. The minimum Gasteiger partial charge on any atom is -0.310 e. The molecule has 55 heavy (non-hydrogen) atoms. The minimum absolute atomic E-state index is 0.0912. The molecule has 0 aliphatic carbocycles. The van der Waals surface area contributed by atoms with Crippen molar-refractivity contribution in [2.45, 2.75) is 38.5 Å². The summed E-state index contributed by atoms with van der Waals surface area (Å²) in [4.78, 5) is 4.94. The summed E-state index contributed by atoms with van der Waals surface area (Å²) in [5, 5.41) is 4.98. The van der Waals surface area contributed by atoms with E-state index in [4.69, 9.17) is 0 Å². The fraction of sp³-hybridized carbons (Fsp3) is 0.115. The van der Waals surface area contributed by atoms with Crippen LogP contribution < -0.4 is 9.80 Å². The van der Waals surface area contributed by atoms with Gasteiger partial charge < -0.3 is 14.4 Å². The predicted octanol–water partition coefficient (Wildman–Crippen LogP) is 14.2. The second-order valence-corrected chi connectivity index (χ2v) is 16.3. The highest BCUT2D eigenvalue weighted by Gasteiger charge is 2.39. The molecule has 0 bridgehead atoms. The number of aromatic nitrogens is 1. The maximum Gasteiger partial charge on any atom is 0.0562 e. The van der Waals surface area contributed by atoms with Gasteiger partial charge in [-0.15, -0.1) is 0 Å². The molecule has 0 saturated carbocycles. The second kappa shape index (κ2) is 11.5. The molecule has 264 valence electrons. The summed E-state index contributed by atoms with van der Waals surface area (Å²) in [5.41, 5.74) is 15.9. The topological polar surface area (TPSA) is 11.4 Å². The van der Waals surface area contributed by atoms with E-state index < -0.39 is 0 Å². The number of fused-ring (bicyclic) bond motifs is 8. The van der Waals surface area contributed by atoms with Crippen LogP contribution in [-0.2, 0) is 10.8 Å². The molecule has 2 aliphatic heterocycles. The van der Waals surface area contributed by atoms with E-state index in [-0.39, 0.29) is 10.8 Å². The summed E-state index contributed by atoms with van der Waals surface area (Å²) >= 11 is 0. The molecule has 0 saturated heterocycles. The normalized spacial score (nSPS) is 15.1. The lowest BCUT2D eigenvalue weighted by Gasteiger charge is -2.42. The standard InChI is InChI=1S/C52H41N3/c1-51(2)41-19-9-13-23-46(41)54(47-24-14-10-20-42(47)51)37-28-26-35-31-38(29-27-34(35)30-37)55-48-25-15-11-21-43(48)52(3,4)44-32-40-39-18-8-12-22-45(39)53(49(40)33-50(44)55)36-16-6-5-7-17-36/h5-33H,1-4H3. The van der Waals surface area contributed by atoms with Crippen molar-refractivity contribution < 1.29 is 0 Å². The lowest BCUT2D eigenvalue weighted by atomic mass is 9.73. The number of benzene rings is 8. The third-order valence-corrected chi connectivity index (χ3v) is 12.5. The minimum atomic E-state index is -0.200. The number of anilines is 6. The molecule has 0 N–H and O–H groups in total. The van der Waals surface area contributed by atoms with Gasteiger partial charge in [0.1, 0.15) is 0 Å². The van der Waals surface area contributed by atoms with Gasteiger partial charge in [0.15, 0.2) is 0 Å². The first-order valence-electron chi connectivity index (χ1n) is 19.4. The highest BCUT2D eigenvalue weighted by Crippen LogP contribution is 2.55. The molecule has 0 fully saturated rings. The maximum absolute atomic E-state index is 2.49. The fourth-order valence-electron chi connectivity index (χ4n) is 9.74. The third-order valence-electron chi connectivity index (χ3n) is 12.5. The quantitative estimate of drug-likeness (QED) is 0.181. The van der Waals surface area contributed by atoms with Crippen LogP contribution in [0.15, 0.2) is 176 Å². The van der Waals surface area contributed by atoms with E-state index in [0.717, 1.165) is 5.69 Å². The predicted molar refractivity (Wildman–Crippen MR) is 232 cm³/mol. The number of nitrogens with zero attached hydrogens (tertiary/aromatic N) is 3. The zero-order valence-corrected chi connectivity index (χ0v) is 31.6. The van der Waals surface area contributed by atoms with Crippen LogP contribution in [0.4, 0.5) is 34.1 Å². The van der Waals surface area contributed by atoms with Crippen molar-refractivity contribution in [1.29, 1.82) is 0 Å². The Hall–Kier alpha value is -6.58. The van der Waals surface area contributed by atoms with Gasteiger partial charge in [-0.1, -0.05) is 131 Å². The molecule has 0 amide bonds. The Labute approximate surface area is 322 Å². The van der Waals surface area contributed by atoms with E-state index in [1.807, 2.05) is 0 Å². The molecule has 3 heteroatoms. The van der Waals surface area contributed by atoms with Gasteiger partial charge in [-0.2, -0.15) is 0 Å². The Balaban J connectivity index is 1.10. The van der Waals surface area contributed by atoms with Crippen LogP contribution in [0.5, 0.6) is 0 Å². The molecule has 9 aromatic rings. The number of hydrogen-bond donors (Lipinski definition) is 0. The Morgan fingerprint density at radius 1 is 0.327 bits per heavy atom. The van der Waals surface area contributed by atoms with Gasteiger partial charge in [0.25, 0.3) is 0 Å². The van der Waals surface area contributed by atoms with E-state index >= 15 is 0 Å². The summed E-state index contributed by atoms with van der Waals surface area (Å²) in [5.74, 6) is 0. The first-order valence-corrected chi connectivity index (χ1v) is 19.4. The lowest BCUT2D eigenvalue weighted by molar-refractivity contribution is 0.632. The van der Waals surface area contributed by atoms with Gasteiger partial charge in [0.2, 0.25) is 0 Å². The zero-order chi connectivity index (χ0) is 37.1. The van der Waals surface area contributed by atoms with E-state index in [2.05, 4.69) is 218 Å². The lowest BCUT2D eigenvalue weighted by Crippen LogP contribution is -2.30. The van der Waals surface area contributed by atoms with Crippen LogP contribution in [0.1, 0.15) is 49.9 Å². The molecule has 2 aliphatic rings. The second-order valence-electron chi connectivity index (χ2n) is 16.3. The monoisotopic (exact) mass is 707 g/mol. The number of rotatable bonds is 3. The molecule has 0 radical (unpaired) electrons. The molecule has 3 nitrogen and oxygen atoms in total. The molecule has 0 atom stereocenters. The van der Waals surface area contributed by atoms with Gasteiger partial charge in [-0.25, -0.2) is 0 Å². The largest absolute Gasteiger partial charge is 0.310 e. The average molecular weight is 708 g/mol. The number of para-hydroxylation sites is 5. The van der Waals surface area contributed by atoms with Crippen LogP contribution in [0.3, 0.4) is 0 Å². The molecule has 8 aromatic carbocycles. The molecular formula is C52H41N3. The van der Waals surface area contributed by atoms with Gasteiger partial charge in [0, 0.05) is 38.7 Å². The van der Waals surface area contributed by atoms with Crippen molar-refractivity contribution in [1.82, 2.24) is 4.57 Å². The van der Waals surface area contributed by atoms with Crippen molar-refractivity contribution in [3.05, 3.63) is 198 Å². The van der Waals surface area contributed by atoms with Gasteiger partial charge >= 0.3 is 0 Å². The van der Waals surface area contributed by atoms with E-state index in [9.17, 15) is 0 Å². The highest BCUT2D eigenvalue weighted by molar-refractivity contribution is 6.11. The average Bonchev–Trinajstić information content (AvgIpc) is 3.54. The van der Waals surface area contributed by atoms with Crippen LogP contribution >= 0.6 is 0 Å². The fourth-order valence-corrected chi connectivity index (χ4v) is 9.74. The van der Waals surface area contributed by atoms with Crippen LogP contribution in [-0.4, -0.2) is 4.57 Å². The van der Waals surface area contributed by atoms with Gasteiger partial charge in [-0.3, -0.25) is 0 Å². The van der Waals surface area contributed by atoms with Crippen LogP contribution in [0.25, 0.3) is 38.3 Å². The molecular weight excluding hydrogens is 667 g/mol. The highest BCUT2D eigenvalue weighted by atomic mass is 15.2. The van der Waals surface area contributed by atoms with E-state index in [1.165, 1.54) is 89.0 Å².